The Morgan fingerprint density at radius 3 is 2.48 bits per heavy atom. The largest absolute Gasteiger partial charge is 0.378 e. The molecule has 2 aliphatic rings. The van der Waals surface area contributed by atoms with Crippen LogP contribution < -0.4 is 15.5 Å². The third-order valence-corrected chi connectivity index (χ3v) is 4.43. The van der Waals surface area contributed by atoms with E-state index in [-0.39, 0.29) is 24.0 Å². The van der Waals surface area contributed by atoms with Crippen molar-refractivity contribution in [1.29, 1.82) is 0 Å². The monoisotopic (exact) mass is 430 g/mol. The van der Waals surface area contributed by atoms with Gasteiger partial charge in [0.25, 0.3) is 0 Å². The number of aliphatic imine (C=N–C) groups is 1. The Bertz CT molecular complexity index is 514. The van der Waals surface area contributed by atoms with Crippen LogP contribution in [0.3, 0.4) is 0 Å². The second kappa shape index (κ2) is 8.73. The number of hydrogen-bond donors (Lipinski definition) is 2. The molecule has 1 aromatic rings. The molecular formula is C17H27IN4O. The molecule has 3 rings (SSSR count). The van der Waals surface area contributed by atoms with Crippen molar-refractivity contribution in [3.63, 3.8) is 0 Å². The van der Waals surface area contributed by atoms with E-state index in [4.69, 9.17) is 4.74 Å². The topological polar surface area (TPSA) is 48.9 Å². The van der Waals surface area contributed by atoms with Crippen LogP contribution in [0.1, 0.15) is 18.9 Å². The maximum absolute atomic E-state index is 5.39. The van der Waals surface area contributed by atoms with Crippen molar-refractivity contribution in [2.75, 3.05) is 38.3 Å². The van der Waals surface area contributed by atoms with Crippen molar-refractivity contribution in [2.45, 2.75) is 25.9 Å². The van der Waals surface area contributed by atoms with Gasteiger partial charge < -0.3 is 20.3 Å². The lowest BCUT2D eigenvalue weighted by Crippen LogP contribution is -2.38. The van der Waals surface area contributed by atoms with Gasteiger partial charge in [-0.3, -0.25) is 4.99 Å². The smallest absolute Gasteiger partial charge is 0.191 e. The minimum Gasteiger partial charge on any atom is -0.378 e. The summed E-state index contributed by atoms with van der Waals surface area (Å²) in [5.74, 6) is 1.66. The van der Waals surface area contributed by atoms with E-state index in [1.807, 2.05) is 7.05 Å². The normalized spacial score (nSPS) is 23.9. The SMILES string of the molecule is CN=C(NCc1ccc(N2CCOCC2)cc1)NC1CC1C.I. The van der Waals surface area contributed by atoms with Crippen molar-refractivity contribution in [3.8, 4) is 0 Å². The van der Waals surface area contributed by atoms with Crippen molar-refractivity contribution < 1.29 is 4.74 Å². The molecule has 23 heavy (non-hydrogen) atoms. The van der Waals surface area contributed by atoms with Crippen molar-refractivity contribution >= 4 is 35.6 Å². The number of ether oxygens (including phenoxy) is 1. The fourth-order valence-electron chi connectivity index (χ4n) is 2.73. The van der Waals surface area contributed by atoms with E-state index in [1.165, 1.54) is 17.7 Å². The molecule has 1 aromatic carbocycles. The maximum Gasteiger partial charge on any atom is 0.191 e. The average Bonchev–Trinajstić information content (AvgIpc) is 3.27. The standard InChI is InChI=1S/C17H26N4O.HI/c1-13-11-16(13)20-17(18-2)19-12-14-3-5-15(6-4-14)21-7-9-22-10-8-21;/h3-6,13,16H,7-12H2,1-2H3,(H2,18,19,20);1H. The summed E-state index contributed by atoms with van der Waals surface area (Å²) in [5.41, 5.74) is 2.55. The predicted molar refractivity (Wildman–Crippen MR) is 106 cm³/mol. The molecule has 128 valence electrons. The van der Waals surface area contributed by atoms with Gasteiger partial charge in [-0.25, -0.2) is 0 Å². The van der Waals surface area contributed by atoms with Crippen LogP contribution in [-0.4, -0.2) is 45.4 Å². The first kappa shape index (κ1) is 18.3. The summed E-state index contributed by atoms with van der Waals surface area (Å²) in [7, 11) is 1.82. The first-order valence-corrected chi connectivity index (χ1v) is 8.15. The first-order chi connectivity index (χ1) is 10.8. The van der Waals surface area contributed by atoms with E-state index in [1.54, 1.807) is 0 Å². The zero-order chi connectivity index (χ0) is 15.4. The molecule has 1 aliphatic heterocycles. The highest BCUT2D eigenvalue weighted by molar-refractivity contribution is 14.0. The summed E-state index contributed by atoms with van der Waals surface area (Å²) in [6.45, 7) is 6.66. The van der Waals surface area contributed by atoms with Gasteiger partial charge >= 0.3 is 0 Å². The predicted octanol–water partition coefficient (Wildman–Crippen LogP) is 2.21. The molecule has 0 amide bonds. The quantitative estimate of drug-likeness (QED) is 0.437. The highest BCUT2D eigenvalue weighted by atomic mass is 127. The molecule has 1 saturated heterocycles. The van der Waals surface area contributed by atoms with Crippen LogP contribution in [0.15, 0.2) is 29.3 Å². The van der Waals surface area contributed by atoms with E-state index >= 15 is 0 Å². The third-order valence-electron chi connectivity index (χ3n) is 4.43. The maximum atomic E-state index is 5.39. The Morgan fingerprint density at radius 2 is 1.91 bits per heavy atom. The second-order valence-corrected chi connectivity index (χ2v) is 6.16. The fraction of sp³-hybridized carbons (Fsp3) is 0.588. The van der Waals surface area contributed by atoms with Crippen LogP contribution in [0, 0.1) is 5.92 Å². The highest BCUT2D eigenvalue weighted by Crippen LogP contribution is 2.28. The van der Waals surface area contributed by atoms with Crippen LogP contribution in [-0.2, 0) is 11.3 Å². The van der Waals surface area contributed by atoms with Crippen LogP contribution in [0.4, 0.5) is 5.69 Å². The van der Waals surface area contributed by atoms with Gasteiger partial charge in [0.1, 0.15) is 0 Å². The zero-order valence-electron chi connectivity index (χ0n) is 13.9. The summed E-state index contributed by atoms with van der Waals surface area (Å²) in [6, 6.07) is 9.36. The summed E-state index contributed by atoms with van der Waals surface area (Å²) in [5, 5.41) is 6.82. The third kappa shape index (κ3) is 5.24. The number of nitrogens with one attached hydrogen (secondary N) is 2. The van der Waals surface area contributed by atoms with Crippen molar-refractivity contribution in [1.82, 2.24) is 10.6 Å². The number of rotatable bonds is 4. The average molecular weight is 430 g/mol. The number of hydrogen-bond acceptors (Lipinski definition) is 3. The molecule has 0 spiro atoms. The molecule has 1 aliphatic carbocycles. The Hall–Kier alpha value is -1.02. The molecular weight excluding hydrogens is 403 g/mol. The molecule has 0 aromatic heterocycles. The number of guanidine groups is 1. The van der Waals surface area contributed by atoms with Crippen LogP contribution in [0.5, 0.6) is 0 Å². The van der Waals surface area contributed by atoms with E-state index < -0.39 is 0 Å². The van der Waals surface area contributed by atoms with E-state index in [9.17, 15) is 0 Å². The lowest BCUT2D eigenvalue weighted by Gasteiger charge is -2.28. The van der Waals surface area contributed by atoms with Gasteiger partial charge in [0.05, 0.1) is 13.2 Å². The van der Waals surface area contributed by atoms with E-state index in [2.05, 4.69) is 51.7 Å². The highest BCUT2D eigenvalue weighted by Gasteiger charge is 2.33. The molecule has 0 radical (unpaired) electrons. The molecule has 2 atom stereocenters. The summed E-state index contributed by atoms with van der Waals surface area (Å²) in [6.07, 6.45) is 1.24. The van der Waals surface area contributed by atoms with Gasteiger partial charge in [-0.1, -0.05) is 19.1 Å². The molecule has 2 unspecified atom stereocenters. The number of nitrogens with zero attached hydrogens (tertiary/aromatic N) is 2. The van der Waals surface area contributed by atoms with Gasteiger partial charge in [0, 0.05) is 38.4 Å². The molecule has 2 N–H and O–H groups in total. The summed E-state index contributed by atoms with van der Waals surface area (Å²) in [4.78, 5) is 6.65. The molecule has 6 heteroatoms. The summed E-state index contributed by atoms with van der Waals surface area (Å²) < 4.78 is 5.39. The Morgan fingerprint density at radius 1 is 1.26 bits per heavy atom. The Labute approximate surface area is 155 Å². The minimum absolute atomic E-state index is 0. The van der Waals surface area contributed by atoms with Crippen molar-refractivity contribution in [3.05, 3.63) is 29.8 Å². The first-order valence-electron chi connectivity index (χ1n) is 8.15. The van der Waals surface area contributed by atoms with Gasteiger partial charge in [0.15, 0.2) is 5.96 Å². The lowest BCUT2D eigenvalue weighted by atomic mass is 10.2. The van der Waals surface area contributed by atoms with Crippen molar-refractivity contribution in [2.24, 2.45) is 10.9 Å². The van der Waals surface area contributed by atoms with Gasteiger partial charge in [-0.15, -0.1) is 24.0 Å². The van der Waals surface area contributed by atoms with Crippen LogP contribution in [0.2, 0.25) is 0 Å². The lowest BCUT2D eigenvalue weighted by molar-refractivity contribution is 0.122. The molecule has 5 nitrogen and oxygen atoms in total. The minimum atomic E-state index is 0. The molecule has 2 fully saturated rings. The van der Waals surface area contributed by atoms with Gasteiger partial charge in [0.2, 0.25) is 0 Å². The van der Waals surface area contributed by atoms with Gasteiger partial charge in [-0.05, 0) is 30.0 Å². The number of halogens is 1. The number of benzene rings is 1. The zero-order valence-corrected chi connectivity index (χ0v) is 16.2. The molecule has 0 bridgehead atoms. The Kier molecular flexibility index (Phi) is 6.95. The number of anilines is 1. The van der Waals surface area contributed by atoms with E-state index in [0.29, 0.717) is 6.04 Å². The fourth-order valence-corrected chi connectivity index (χ4v) is 2.73. The summed E-state index contributed by atoms with van der Waals surface area (Å²) >= 11 is 0. The van der Waals surface area contributed by atoms with Crippen LogP contribution in [0.25, 0.3) is 0 Å². The number of morpholine rings is 1. The van der Waals surface area contributed by atoms with Crippen LogP contribution >= 0.6 is 24.0 Å². The van der Waals surface area contributed by atoms with E-state index in [0.717, 1.165) is 44.7 Å². The molecule has 1 saturated carbocycles. The Balaban J connectivity index is 0.00000192. The second-order valence-electron chi connectivity index (χ2n) is 6.16. The molecule has 1 heterocycles. The van der Waals surface area contributed by atoms with Gasteiger partial charge in [-0.2, -0.15) is 0 Å².